The molecule has 2 aromatic rings. The van der Waals surface area contributed by atoms with E-state index in [0.717, 1.165) is 0 Å². The highest BCUT2D eigenvalue weighted by Gasteiger charge is 2.27. The number of rotatable bonds is 2. The third-order valence-corrected chi connectivity index (χ3v) is 3.89. The second kappa shape index (κ2) is 5.92. The first-order chi connectivity index (χ1) is 9.40. The molecule has 20 heavy (non-hydrogen) atoms. The van der Waals surface area contributed by atoms with Crippen LogP contribution in [0.25, 0.3) is 11.1 Å². The summed E-state index contributed by atoms with van der Waals surface area (Å²) in [6.45, 7) is 0. The van der Waals surface area contributed by atoms with Crippen LogP contribution in [0, 0.1) is 23.3 Å². The lowest BCUT2D eigenvalue weighted by Crippen LogP contribution is -2.05. The molecule has 0 aromatic heterocycles. The maximum absolute atomic E-state index is 14.0. The van der Waals surface area contributed by atoms with Gasteiger partial charge in [0.25, 0.3) is 0 Å². The summed E-state index contributed by atoms with van der Waals surface area (Å²) in [7, 11) is 0. The average molecular weight is 388 g/mol. The van der Waals surface area contributed by atoms with E-state index >= 15 is 0 Å². The Balaban J connectivity index is 2.89. The molecule has 0 atom stereocenters. The Labute approximate surface area is 130 Å². The van der Waals surface area contributed by atoms with Gasteiger partial charge in [0.1, 0.15) is 0 Å². The highest BCUT2D eigenvalue weighted by molar-refractivity contribution is 9.08. The van der Waals surface area contributed by atoms with Crippen molar-refractivity contribution in [1.82, 2.24) is 0 Å². The van der Waals surface area contributed by atoms with Gasteiger partial charge in [0.2, 0.25) is 0 Å². The van der Waals surface area contributed by atoms with Crippen LogP contribution in [0.1, 0.15) is 5.56 Å². The molecule has 0 aliphatic carbocycles. The van der Waals surface area contributed by atoms with Crippen molar-refractivity contribution in [2.75, 3.05) is 0 Å². The number of hydrogen-bond acceptors (Lipinski definition) is 0. The van der Waals surface area contributed by atoms with Crippen LogP contribution in [0.15, 0.2) is 18.2 Å². The molecule has 7 heteroatoms. The van der Waals surface area contributed by atoms with Gasteiger partial charge in [-0.05, 0) is 12.1 Å². The molecule has 0 spiro atoms. The van der Waals surface area contributed by atoms with Crippen LogP contribution < -0.4 is 0 Å². The van der Waals surface area contributed by atoms with E-state index in [2.05, 4.69) is 15.9 Å². The molecule has 0 aliphatic heterocycles. The summed E-state index contributed by atoms with van der Waals surface area (Å²) in [5.41, 5.74) is -1.93. The molecule has 0 amide bonds. The van der Waals surface area contributed by atoms with Crippen LogP contribution in [-0.2, 0) is 5.33 Å². The third-order valence-electron chi connectivity index (χ3n) is 2.70. The van der Waals surface area contributed by atoms with Crippen molar-refractivity contribution in [2.45, 2.75) is 5.33 Å². The average Bonchev–Trinajstić information content (AvgIpc) is 2.40. The summed E-state index contributed by atoms with van der Waals surface area (Å²) in [4.78, 5) is 0. The molecular weight excluding hydrogens is 383 g/mol. The van der Waals surface area contributed by atoms with Crippen molar-refractivity contribution < 1.29 is 17.6 Å². The maximum Gasteiger partial charge on any atom is 0.170 e. The van der Waals surface area contributed by atoms with Gasteiger partial charge in [0, 0.05) is 16.5 Å². The van der Waals surface area contributed by atoms with Gasteiger partial charge in [-0.3, -0.25) is 0 Å². The first-order valence-corrected chi connectivity index (χ1v) is 7.13. The Morgan fingerprint density at radius 3 is 1.65 bits per heavy atom. The zero-order chi connectivity index (χ0) is 15.0. The molecule has 0 bridgehead atoms. The Morgan fingerprint density at radius 2 is 1.25 bits per heavy atom. The van der Waals surface area contributed by atoms with Crippen molar-refractivity contribution in [3.63, 3.8) is 0 Å². The molecule has 0 unspecified atom stereocenters. The van der Waals surface area contributed by atoms with Crippen LogP contribution in [0.5, 0.6) is 0 Å². The third kappa shape index (κ3) is 2.43. The minimum atomic E-state index is -1.53. The Hall–Kier alpha value is -0.780. The van der Waals surface area contributed by atoms with Crippen LogP contribution in [0.2, 0.25) is 10.0 Å². The number of hydrogen-bond donors (Lipinski definition) is 0. The van der Waals surface area contributed by atoms with E-state index in [4.69, 9.17) is 23.2 Å². The summed E-state index contributed by atoms with van der Waals surface area (Å²) in [5.74, 6) is -6.03. The molecule has 0 aliphatic rings. The van der Waals surface area contributed by atoms with Crippen molar-refractivity contribution in [1.29, 1.82) is 0 Å². The molecule has 0 saturated heterocycles. The van der Waals surface area contributed by atoms with Gasteiger partial charge in [-0.25, -0.2) is 17.6 Å². The molecule has 0 radical (unpaired) electrons. The predicted molar refractivity (Wildman–Crippen MR) is 74.4 cm³/mol. The lowest BCUT2D eigenvalue weighted by atomic mass is 10.0. The summed E-state index contributed by atoms with van der Waals surface area (Å²) >= 11 is 14.4. The van der Waals surface area contributed by atoms with Gasteiger partial charge < -0.3 is 0 Å². The van der Waals surface area contributed by atoms with E-state index < -0.39 is 34.4 Å². The lowest BCUT2D eigenvalue weighted by molar-refractivity contribution is 0.448. The van der Waals surface area contributed by atoms with Gasteiger partial charge in [-0.15, -0.1) is 0 Å². The van der Waals surface area contributed by atoms with Gasteiger partial charge in [-0.1, -0.05) is 45.2 Å². The Morgan fingerprint density at radius 1 is 0.800 bits per heavy atom. The largest absolute Gasteiger partial charge is 0.203 e. The minimum absolute atomic E-state index is 0.110. The molecule has 2 rings (SSSR count). The molecule has 0 fully saturated rings. The summed E-state index contributed by atoms with van der Waals surface area (Å²) < 4.78 is 55.5. The second-order valence-electron chi connectivity index (χ2n) is 3.84. The Bertz CT molecular complexity index is 639. The monoisotopic (exact) mass is 386 g/mol. The SMILES string of the molecule is Fc1c(F)c(-c2c(Cl)cccc2Cl)c(F)c(F)c1CBr. The highest BCUT2D eigenvalue weighted by atomic mass is 79.9. The van der Waals surface area contributed by atoms with E-state index in [0.29, 0.717) is 0 Å². The normalized spacial score (nSPS) is 10.9. The van der Waals surface area contributed by atoms with Gasteiger partial charge in [-0.2, -0.15) is 0 Å². The van der Waals surface area contributed by atoms with Crippen molar-refractivity contribution in [2.24, 2.45) is 0 Å². The molecule has 0 heterocycles. The molecule has 2 aromatic carbocycles. The van der Waals surface area contributed by atoms with Crippen molar-refractivity contribution in [3.05, 3.63) is 57.1 Å². The highest BCUT2D eigenvalue weighted by Crippen LogP contribution is 2.40. The van der Waals surface area contributed by atoms with Gasteiger partial charge in [0.15, 0.2) is 23.3 Å². The quantitative estimate of drug-likeness (QED) is 0.331. The fraction of sp³-hybridized carbons (Fsp3) is 0.0769. The topological polar surface area (TPSA) is 0 Å². The van der Waals surface area contributed by atoms with Gasteiger partial charge >= 0.3 is 0 Å². The first-order valence-electron chi connectivity index (χ1n) is 5.25. The second-order valence-corrected chi connectivity index (χ2v) is 5.21. The smallest absolute Gasteiger partial charge is 0.170 e. The fourth-order valence-corrected chi connectivity index (χ4v) is 2.83. The fourth-order valence-electron chi connectivity index (χ4n) is 1.75. The van der Waals surface area contributed by atoms with E-state index in [1.807, 2.05) is 0 Å². The summed E-state index contributed by atoms with van der Waals surface area (Å²) in [5, 5.41) is -0.587. The van der Waals surface area contributed by atoms with Crippen LogP contribution in [-0.4, -0.2) is 0 Å². The van der Waals surface area contributed by atoms with E-state index in [1.54, 1.807) is 0 Å². The minimum Gasteiger partial charge on any atom is -0.203 e. The van der Waals surface area contributed by atoms with Gasteiger partial charge in [0.05, 0.1) is 15.6 Å². The van der Waals surface area contributed by atoms with Crippen LogP contribution in [0.4, 0.5) is 17.6 Å². The number of benzene rings is 2. The van der Waals surface area contributed by atoms with E-state index in [-0.39, 0.29) is 20.9 Å². The lowest BCUT2D eigenvalue weighted by Gasteiger charge is -2.13. The molecule has 0 N–H and O–H groups in total. The standard InChI is InChI=1S/C13H5BrCl2F4/c14-4-5-10(17)12(19)9(13(20)11(5)18)8-6(15)2-1-3-7(8)16/h1-3H,4H2. The molecule has 0 saturated carbocycles. The van der Waals surface area contributed by atoms with Crippen LogP contribution >= 0.6 is 39.1 Å². The maximum atomic E-state index is 14.0. The van der Waals surface area contributed by atoms with E-state index in [9.17, 15) is 17.6 Å². The predicted octanol–water partition coefficient (Wildman–Crippen LogP) is 6.11. The zero-order valence-electron chi connectivity index (χ0n) is 9.58. The Kier molecular flexibility index (Phi) is 4.62. The molecule has 0 nitrogen and oxygen atoms in total. The first kappa shape index (κ1) is 15.6. The van der Waals surface area contributed by atoms with Crippen molar-refractivity contribution >= 4 is 39.1 Å². The number of alkyl halides is 1. The molecule has 106 valence electrons. The summed E-state index contributed by atoms with van der Waals surface area (Å²) in [6.07, 6.45) is 0. The zero-order valence-corrected chi connectivity index (χ0v) is 12.7. The number of halogens is 7. The molecular formula is C13H5BrCl2F4. The van der Waals surface area contributed by atoms with E-state index in [1.165, 1.54) is 18.2 Å². The summed E-state index contributed by atoms with van der Waals surface area (Å²) in [6, 6.07) is 4.08. The van der Waals surface area contributed by atoms with Crippen molar-refractivity contribution in [3.8, 4) is 11.1 Å². The van der Waals surface area contributed by atoms with Crippen LogP contribution in [0.3, 0.4) is 0 Å².